The minimum atomic E-state index is -0.922. The summed E-state index contributed by atoms with van der Waals surface area (Å²) >= 11 is 1.27. The summed E-state index contributed by atoms with van der Waals surface area (Å²) in [4.78, 5) is 37.0. The number of nitrogens with zero attached hydrogens (tertiary/aromatic N) is 3. The van der Waals surface area contributed by atoms with Crippen molar-refractivity contribution in [1.29, 1.82) is 0 Å². The summed E-state index contributed by atoms with van der Waals surface area (Å²) in [5.41, 5.74) is 1.52. The Balaban J connectivity index is 1.50. The number of fused-ring (bicyclic) bond motifs is 2. The number of carbonyl (C=O) groups is 2. The first kappa shape index (κ1) is 23.0. The van der Waals surface area contributed by atoms with Crippen molar-refractivity contribution in [2.75, 3.05) is 24.7 Å². The smallest absolute Gasteiger partial charge is 0.301 e. The van der Waals surface area contributed by atoms with Crippen LogP contribution in [0, 0.1) is 0 Å². The van der Waals surface area contributed by atoms with Crippen LogP contribution in [0.1, 0.15) is 24.1 Å². The molecule has 2 aliphatic heterocycles. The summed E-state index contributed by atoms with van der Waals surface area (Å²) in [5.74, 6) is -0.208. The van der Waals surface area contributed by atoms with E-state index < -0.39 is 17.7 Å². The van der Waals surface area contributed by atoms with Gasteiger partial charge in [-0.25, -0.2) is 4.98 Å². The van der Waals surface area contributed by atoms with Crippen molar-refractivity contribution >= 4 is 44.1 Å². The zero-order chi connectivity index (χ0) is 25.5. The van der Waals surface area contributed by atoms with E-state index in [0.29, 0.717) is 58.8 Å². The van der Waals surface area contributed by atoms with E-state index in [1.54, 1.807) is 42.7 Å². The first-order valence-electron chi connectivity index (χ1n) is 11.7. The van der Waals surface area contributed by atoms with E-state index in [-0.39, 0.29) is 11.3 Å². The maximum absolute atomic E-state index is 13.4. The van der Waals surface area contributed by atoms with Crippen LogP contribution >= 0.6 is 11.3 Å². The van der Waals surface area contributed by atoms with Crippen LogP contribution in [-0.4, -0.2) is 46.6 Å². The van der Waals surface area contributed by atoms with Gasteiger partial charge in [0.05, 0.1) is 28.4 Å². The normalized spacial score (nSPS) is 18.4. The molecule has 2 aliphatic rings. The maximum Gasteiger partial charge on any atom is 0.301 e. The minimum Gasteiger partial charge on any atom is -0.507 e. The number of anilines is 1. The summed E-state index contributed by atoms with van der Waals surface area (Å²) in [7, 11) is 0. The molecule has 1 N–H and O–H groups in total. The van der Waals surface area contributed by atoms with Crippen LogP contribution < -0.4 is 19.1 Å². The van der Waals surface area contributed by atoms with Crippen LogP contribution in [-0.2, 0) is 9.59 Å². The van der Waals surface area contributed by atoms with Crippen molar-refractivity contribution < 1.29 is 28.9 Å². The van der Waals surface area contributed by atoms with Gasteiger partial charge in [-0.2, -0.15) is 0 Å². The second-order valence-electron chi connectivity index (χ2n) is 8.37. The third-order valence-electron chi connectivity index (χ3n) is 6.13. The van der Waals surface area contributed by atoms with Gasteiger partial charge >= 0.3 is 5.91 Å². The zero-order valence-electron chi connectivity index (χ0n) is 19.7. The molecule has 4 aromatic rings. The molecule has 0 unspecified atom stereocenters. The average molecular weight is 516 g/mol. The van der Waals surface area contributed by atoms with Crippen molar-refractivity contribution in [2.45, 2.75) is 13.0 Å². The number of ketones is 1. The quantitative estimate of drug-likeness (QED) is 0.235. The van der Waals surface area contributed by atoms with Crippen molar-refractivity contribution in [1.82, 2.24) is 9.97 Å². The van der Waals surface area contributed by atoms with E-state index in [1.807, 2.05) is 25.1 Å². The third-order valence-corrected chi connectivity index (χ3v) is 7.14. The van der Waals surface area contributed by atoms with Crippen molar-refractivity contribution in [2.24, 2.45) is 0 Å². The van der Waals surface area contributed by atoms with Crippen LogP contribution in [0.15, 0.2) is 66.5 Å². The molecule has 9 nitrogen and oxygen atoms in total. The van der Waals surface area contributed by atoms with Gasteiger partial charge in [0.1, 0.15) is 24.7 Å². The Bertz CT molecular complexity index is 1570. The van der Waals surface area contributed by atoms with Crippen LogP contribution in [0.25, 0.3) is 16.0 Å². The van der Waals surface area contributed by atoms with E-state index in [1.165, 1.54) is 16.2 Å². The first-order chi connectivity index (χ1) is 18.0. The highest BCUT2D eigenvalue weighted by Crippen LogP contribution is 2.45. The predicted octanol–water partition coefficient (Wildman–Crippen LogP) is 4.49. The SMILES string of the molecule is CCOc1ccc2nc(N3C(=O)C(=O)/C(=C(/O)c4ccc5c(c4)OCCO5)[C@@H]3c3cccnc3)sc2c1. The van der Waals surface area contributed by atoms with Crippen LogP contribution in [0.2, 0.25) is 0 Å². The number of aliphatic hydroxyl groups excluding tert-OH is 1. The van der Waals surface area contributed by atoms with Gasteiger partial charge in [0.2, 0.25) is 0 Å². The lowest BCUT2D eigenvalue weighted by atomic mass is 9.96. The van der Waals surface area contributed by atoms with E-state index in [4.69, 9.17) is 14.2 Å². The lowest BCUT2D eigenvalue weighted by Crippen LogP contribution is -2.29. The molecule has 0 spiro atoms. The molecule has 10 heteroatoms. The number of amides is 1. The number of thiazole rings is 1. The van der Waals surface area contributed by atoms with E-state index in [9.17, 15) is 14.7 Å². The fourth-order valence-electron chi connectivity index (χ4n) is 4.48. The Morgan fingerprint density at radius 1 is 1.14 bits per heavy atom. The molecule has 0 radical (unpaired) electrons. The van der Waals surface area contributed by atoms with Crippen LogP contribution in [0.3, 0.4) is 0 Å². The number of aliphatic hydroxyl groups is 1. The molecule has 4 heterocycles. The lowest BCUT2D eigenvalue weighted by Gasteiger charge is -2.23. The zero-order valence-corrected chi connectivity index (χ0v) is 20.5. The molecular weight excluding hydrogens is 494 g/mol. The van der Waals surface area contributed by atoms with Crippen LogP contribution in [0.5, 0.6) is 17.2 Å². The number of carbonyl (C=O) groups excluding carboxylic acids is 2. The molecule has 186 valence electrons. The van der Waals surface area contributed by atoms with Gasteiger partial charge in [-0.3, -0.25) is 19.5 Å². The Morgan fingerprint density at radius 2 is 1.97 bits per heavy atom. The largest absolute Gasteiger partial charge is 0.507 e. The topological polar surface area (TPSA) is 111 Å². The molecule has 1 amide bonds. The molecule has 2 aromatic carbocycles. The molecule has 1 fully saturated rings. The van der Waals surface area contributed by atoms with Crippen molar-refractivity contribution in [3.63, 3.8) is 0 Å². The molecule has 0 saturated carbocycles. The lowest BCUT2D eigenvalue weighted by molar-refractivity contribution is -0.132. The molecule has 6 rings (SSSR count). The highest BCUT2D eigenvalue weighted by Gasteiger charge is 2.48. The monoisotopic (exact) mass is 515 g/mol. The second kappa shape index (κ2) is 9.21. The third kappa shape index (κ3) is 3.95. The van der Waals surface area contributed by atoms with E-state index in [2.05, 4.69) is 9.97 Å². The Labute approximate surface area is 215 Å². The second-order valence-corrected chi connectivity index (χ2v) is 9.38. The van der Waals surface area contributed by atoms with Crippen LogP contribution in [0.4, 0.5) is 5.13 Å². The molecule has 2 aromatic heterocycles. The molecule has 0 aliphatic carbocycles. The van der Waals surface area contributed by atoms with Gasteiger partial charge in [0.25, 0.3) is 5.78 Å². The Morgan fingerprint density at radius 3 is 2.76 bits per heavy atom. The van der Waals surface area contributed by atoms with Crippen molar-refractivity contribution in [3.8, 4) is 17.2 Å². The first-order valence-corrected chi connectivity index (χ1v) is 12.5. The summed E-state index contributed by atoms with van der Waals surface area (Å²) in [6, 6.07) is 12.9. The number of rotatable bonds is 5. The fraction of sp³-hybridized carbons (Fsp3) is 0.185. The van der Waals surface area contributed by atoms with Gasteiger partial charge < -0.3 is 19.3 Å². The average Bonchev–Trinajstić information content (AvgIpc) is 3.46. The van der Waals surface area contributed by atoms with E-state index >= 15 is 0 Å². The van der Waals surface area contributed by atoms with Gasteiger partial charge in [-0.05, 0) is 55.0 Å². The summed E-state index contributed by atoms with van der Waals surface area (Å²) in [6.07, 6.45) is 3.17. The number of Topliss-reactive ketones (excluding diaryl/α,β-unsaturated/α-hetero) is 1. The summed E-state index contributed by atoms with van der Waals surface area (Å²) in [6.45, 7) is 3.22. The maximum atomic E-state index is 13.4. The fourth-order valence-corrected chi connectivity index (χ4v) is 5.50. The predicted molar refractivity (Wildman–Crippen MR) is 137 cm³/mol. The summed E-state index contributed by atoms with van der Waals surface area (Å²) in [5, 5.41) is 11.7. The molecule has 37 heavy (non-hydrogen) atoms. The highest BCUT2D eigenvalue weighted by atomic mass is 32.1. The number of ether oxygens (including phenoxy) is 3. The minimum absolute atomic E-state index is 0.0519. The molecule has 1 saturated heterocycles. The van der Waals surface area contributed by atoms with Gasteiger partial charge in [-0.15, -0.1) is 0 Å². The summed E-state index contributed by atoms with van der Waals surface area (Å²) < 4.78 is 17.6. The number of benzene rings is 2. The Kier molecular flexibility index (Phi) is 5.72. The standard InChI is InChI=1S/C27H21N3O6S/c1-2-34-17-6-7-18-21(13-17)37-27(29-18)30-23(16-4-3-9-28-14-16)22(25(32)26(30)33)24(31)15-5-8-19-20(12-15)36-11-10-35-19/h3-9,12-14,23,31H,2,10-11H2,1H3/b24-22+/t23-/m0/s1. The van der Waals surface area contributed by atoms with E-state index in [0.717, 1.165) is 4.70 Å². The number of aromatic nitrogens is 2. The van der Waals surface area contributed by atoms with Gasteiger partial charge in [0, 0.05) is 18.0 Å². The molecule has 1 atom stereocenters. The highest BCUT2D eigenvalue weighted by molar-refractivity contribution is 7.22. The Hall–Kier alpha value is -4.44. The molecular formula is C27H21N3O6S. The number of hydrogen-bond donors (Lipinski definition) is 1. The number of pyridine rings is 1. The van der Waals surface area contributed by atoms with Gasteiger partial charge in [0.15, 0.2) is 16.6 Å². The van der Waals surface area contributed by atoms with Gasteiger partial charge in [-0.1, -0.05) is 17.4 Å². The number of hydrogen-bond acceptors (Lipinski definition) is 9. The van der Waals surface area contributed by atoms with Crippen molar-refractivity contribution in [3.05, 3.63) is 77.6 Å². The molecule has 0 bridgehead atoms.